The van der Waals surface area contributed by atoms with E-state index in [1.54, 1.807) is 6.20 Å². The SMILES string of the molecule is C=CC1C=C(c2ccccc2-c2cccnc2)C=CC1. The van der Waals surface area contributed by atoms with E-state index in [-0.39, 0.29) is 0 Å². The lowest BCUT2D eigenvalue weighted by atomic mass is 9.89. The molecule has 0 saturated carbocycles. The zero-order valence-corrected chi connectivity index (χ0v) is 11.4. The first-order valence-corrected chi connectivity index (χ1v) is 6.89. The van der Waals surface area contributed by atoms with Crippen LogP contribution in [0.25, 0.3) is 16.7 Å². The normalized spacial score (nSPS) is 17.6. The van der Waals surface area contributed by atoms with Gasteiger partial charge in [-0.1, -0.05) is 54.6 Å². The van der Waals surface area contributed by atoms with Gasteiger partial charge in [-0.05, 0) is 35.1 Å². The molecule has 1 aromatic heterocycles. The Labute approximate surface area is 120 Å². The molecule has 1 atom stereocenters. The van der Waals surface area contributed by atoms with Crippen LogP contribution in [0.4, 0.5) is 0 Å². The average molecular weight is 259 g/mol. The molecular weight excluding hydrogens is 242 g/mol. The summed E-state index contributed by atoms with van der Waals surface area (Å²) in [5.41, 5.74) is 4.89. The van der Waals surface area contributed by atoms with Gasteiger partial charge in [-0.2, -0.15) is 0 Å². The van der Waals surface area contributed by atoms with Gasteiger partial charge in [0.05, 0.1) is 0 Å². The van der Waals surface area contributed by atoms with Crippen molar-refractivity contribution in [3.05, 3.63) is 85.2 Å². The Morgan fingerprint density at radius 2 is 1.95 bits per heavy atom. The van der Waals surface area contributed by atoms with Crippen LogP contribution in [0.2, 0.25) is 0 Å². The number of aromatic nitrogens is 1. The van der Waals surface area contributed by atoms with E-state index >= 15 is 0 Å². The number of allylic oxidation sites excluding steroid dienone is 5. The Hall–Kier alpha value is -2.41. The molecule has 0 N–H and O–H groups in total. The van der Waals surface area contributed by atoms with Gasteiger partial charge in [0, 0.05) is 18.0 Å². The van der Waals surface area contributed by atoms with Crippen LogP contribution in [-0.4, -0.2) is 4.98 Å². The maximum absolute atomic E-state index is 4.22. The van der Waals surface area contributed by atoms with E-state index in [0.717, 1.165) is 12.0 Å². The van der Waals surface area contributed by atoms with Crippen molar-refractivity contribution < 1.29 is 0 Å². The highest BCUT2D eigenvalue weighted by molar-refractivity contribution is 5.85. The van der Waals surface area contributed by atoms with Gasteiger partial charge in [0.25, 0.3) is 0 Å². The number of rotatable bonds is 3. The molecule has 1 unspecified atom stereocenters. The van der Waals surface area contributed by atoms with Gasteiger partial charge in [-0.3, -0.25) is 4.98 Å². The molecule has 0 saturated heterocycles. The van der Waals surface area contributed by atoms with Crippen molar-refractivity contribution in [2.24, 2.45) is 5.92 Å². The van der Waals surface area contributed by atoms with Gasteiger partial charge >= 0.3 is 0 Å². The smallest absolute Gasteiger partial charge is 0.0346 e. The fourth-order valence-electron chi connectivity index (χ4n) is 2.56. The van der Waals surface area contributed by atoms with Crippen LogP contribution < -0.4 is 0 Å². The van der Waals surface area contributed by atoms with E-state index < -0.39 is 0 Å². The Balaban J connectivity index is 2.09. The predicted octanol–water partition coefficient (Wildman–Crippen LogP) is 4.89. The lowest BCUT2D eigenvalue weighted by Crippen LogP contribution is -1.97. The zero-order valence-electron chi connectivity index (χ0n) is 11.4. The highest BCUT2D eigenvalue weighted by atomic mass is 14.6. The molecule has 1 aliphatic rings. The van der Waals surface area contributed by atoms with Crippen LogP contribution in [0.1, 0.15) is 12.0 Å². The van der Waals surface area contributed by atoms with E-state index in [1.807, 2.05) is 18.3 Å². The van der Waals surface area contributed by atoms with E-state index in [9.17, 15) is 0 Å². The molecule has 20 heavy (non-hydrogen) atoms. The summed E-state index contributed by atoms with van der Waals surface area (Å²) in [5.74, 6) is 0.428. The van der Waals surface area contributed by atoms with Gasteiger partial charge in [0.2, 0.25) is 0 Å². The number of hydrogen-bond donors (Lipinski definition) is 0. The first-order chi connectivity index (χ1) is 9.88. The molecule has 98 valence electrons. The largest absolute Gasteiger partial charge is 0.264 e. The van der Waals surface area contributed by atoms with Crippen LogP contribution >= 0.6 is 0 Å². The lowest BCUT2D eigenvalue weighted by Gasteiger charge is -2.16. The predicted molar refractivity (Wildman–Crippen MR) is 85.1 cm³/mol. The zero-order chi connectivity index (χ0) is 13.8. The van der Waals surface area contributed by atoms with Crippen molar-refractivity contribution in [3.8, 4) is 11.1 Å². The minimum absolute atomic E-state index is 0.428. The maximum Gasteiger partial charge on any atom is 0.0346 e. The number of benzene rings is 1. The second kappa shape index (κ2) is 5.70. The van der Waals surface area contributed by atoms with Crippen molar-refractivity contribution in [3.63, 3.8) is 0 Å². The summed E-state index contributed by atoms with van der Waals surface area (Å²) in [5, 5.41) is 0. The fraction of sp³-hybridized carbons (Fsp3) is 0.105. The third-order valence-electron chi connectivity index (χ3n) is 3.61. The third-order valence-corrected chi connectivity index (χ3v) is 3.61. The Morgan fingerprint density at radius 3 is 2.70 bits per heavy atom. The molecule has 1 heterocycles. The van der Waals surface area contributed by atoms with Crippen molar-refractivity contribution in [2.75, 3.05) is 0 Å². The summed E-state index contributed by atoms with van der Waals surface area (Å²) in [6.45, 7) is 3.90. The summed E-state index contributed by atoms with van der Waals surface area (Å²) >= 11 is 0. The monoisotopic (exact) mass is 259 g/mol. The van der Waals surface area contributed by atoms with Crippen molar-refractivity contribution in [1.29, 1.82) is 0 Å². The first kappa shape index (κ1) is 12.6. The van der Waals surface area contributed by atoms with Crippen molar-refractivity contribution in [1.82, 2.24) is 4.98 Å². The molecule has 0 fully saturated rings. The Bertz CT molecular complexity index is 665. The van der Waals surface area contributed by atoms with Gasteiger partial charge in [0.1, 0.15) is 0 Å². The molecule has 1 aliphatic carbocycles. The maximum atomic E-state index is 4.22. The quantitative estimate of drug-likeness (QED) is 0.715. The van der Waals surface area contributed by atoms with Crippen LogP contribution in [0, 0.1) is 5.92 Å². The minimum Gasteiger partial charge on any atom is -0.264 e. The van der Waals surface area contributed by atoms with Crippen LogP contribution in [0.5, 0.6) is 0 Å². The van der Waals surface area contributed by atoms with E-state index in [0.29, 0.717) is 5.92 Å². The minimum atomic E-state index is 0.428. The second-order valence-electron chi connectivity index (χ2n) is 4.95. The topological polar surface area (TPSA) is 12.9 Å². The average Bonchev–Trinajstić information content (AvgIpc) is 2.56. The molecule has 1 heteroatoms. The number of hydrogen-bond acceptors (Lipinski definition) is 1. The van der Waals surface area contributed by atoms with Crippen LogP contribution in [0.15, 0.2) is 79.7 Å². The van der Waals surface area contributed by atoms with Gasteiger partial charge in [0.15, 0.2) is 0 Å². The van der Waals surface area contributed by atoms with E-state index in [4.69, 9.17) is 0 Å². The van der Waals surface area contributed by atoms with Gasteiger partial charge in [-0.25, -0.2) is 0 Å². The molecular formula is C19H17N. The molecule has 0 spiro atoms. The van der Waals surface area contributed by atoms with Crippen LogP contribution in [0.3, 0.4) is 0 Å². The first-order valence-electron chi connectivity index (χ1n) is 6.89. The van der Waals surface area contributed by atoms with Gasteiger partial charge in [-0.15, -0.1) is 6.58 Å². The molecule has 1 nitrogen and oxygen atoms in total. The fourth-order valence-corrected chi connectivity index (χ4v) is 2.56. The summed E-state index contributed by atoms with van der Waals surface area (Å²) in [6, 6.07) is 12.6. The molecule has 3 rings (SSSR count). The molecule has 0 radical (unpaired) electrons. The standard InChI is InChI=1S/C19H17N/c1-2-15-7-5-8-16(13-15)18-10-3-4-11-19(18)17-9-6-12-20-14-17/h2-6,8-15H,1,7H2. The highest BCUT2D eigenvalue weighted by Crippen LogP contribution is 2.32. The van der Waals surface area contributed by atoms with E-state index in [2.05, 4.69) is 60.1 Å². The molecule has 1 aromatic carbocycles. The molecule has 0 bridgehead atoms. The second-order valence-corrected chi connectivity index (χ2v) is 4.95. The molecule has 0 amide bonds. The molecule has 2 aromatic rings. The Morgan fingerprint density at radius 1 is 1.10 bits per heavy atom. The Kier molecular flexibility index (Phi) is 3.60. The lowest BCUT2D eigenvalue weighted by molar-refractivity contribution is 0.828. The summed E-state index contributed by atoms with van der Waals surface area (Å²) in [7, 11) is 0. The highest BCUT2D eigenvalue weighted by Gasteiger charge is 2.11. The van der Waals surface area contributed by atoms with Crippen molar-refractivity contribution >= 4 is 5.57 Å². The number of nitrogens with zero attached hydrogens (tertiary/aromatic N) is 1. The van der Waals surface area contributed by atoms with Crippen molar-refractivity contribution in [2.45, 2.75) is 6.42 Å². The summed E-state index contributed by atoms with van der Waals surface area (Å²) < 4.78 is 0. The molecule has 0 aliphatic heterocycles. The summed E-state index contributed by atoms with van der Waals surface area (Å²) in [6.07, 6.45) is 13.5. The van der Waals surface area contributed by atoms with E-state index in [1.165, 1.54) is 16.7 Å². The number of pyridine rings is 1. The van der Waals surface area contributed by atoms with Gasteiger partial charge < -0.3 is 0 Å². The summed E-state index contributed by atoms with van der Waals surface area (Å²) in [4.78, 5) is 4.22. The van der Waals surface area contributed by atoms with Crippen LogP contribution in [-0.2, 0) is 0 Å². The third kappa shape index (κ3) is 2.48.